The summed E-state index contributed by atoms with van der Waals surface area (Å²) in [4.78, 5) is 11.5. The van der Waals surface area contributed by atoms with Gasteiger partial charge in [0, 0.05) is 22.0 Å². The molecule has 0 radical (unpaired) electrons. The lowest BCUT2D eigenvalue weighted by atomic mass is 10.1. The van der Waals surface area contributed by atoms with Crippen LogP contribution in [0.4, 0.5) is 0 Å². The summed E-state index contributed by atoms with van der Waals surface area (Å²) in [6.07, 6.45) is 4.29. The first-order valence-corrected chi connectivity index (χ1v) is 13.4. The first kappa shape index (κ1) is 20.8. The highest BCUT2D eigenvalue weighted by atomic mass is 32.2. The molecule has 3 aromatic rings. The molecule has 0 amide bonds. The Labute approximate surface area is 196 Å². The van der Waals surface area contributed by atoms with Crippen molar-refractivity contribution < 1.29 is 0 Å². The molecule has 0 N–H and O–H groups in total. The summed E-state index contributed by atoms with van der Waals surface area (Å²) in [5.74, 6) is 2.08. The maximum Gasteiger partial charge on any atom is 0.101 e. The maximum atomic E-state index is 5.14. The van der Waals surface area contributed by atoms with Crippen LogP contribution in [0.1, 0.15) is 16.0 Å². The lowest BCUT2D eigenvalue weighted by Crippen LogP contribution is -2.08. The lowest BCUT2D eigenvalue weighted by Gasteiger charge is -2.07. The van der Waals surface area contributed by atoms with E-state index in [1.54, 1.807) is 11.3 Å². The number of nitrogens with zero attached hydrogens (tertiary/aromatic N) is 2. The molecule has 0 spiro atoms. The minimum atomic E-state index is 0.334. The van der Waals surface area contributed by atoms with Gasteiger partial charge in [0.05, 0.1) is 12.1 Å². The van der Waals surface area contributed by atoms with Crippen molar-refractivity contribution in [3.63, 3.8) is 0 Å². The number of benzene rings is 2. The highest BCUT2D eigenvalue weighted by molar-refractivity contribution is 8.17. The molecule has 0 aliphatic carbocycles. The average Bonchev–Trinajstić information content (AvgIpc) is 3.56. The van der Waals surface area contributed by atoms with Crippen LogP contribution in [-0.4, -0.2) is 33.7 Å². The van der Waals surface area contributed by atoms with Crippen LogP contribution in [0.3, 0.4) is 0 Å². The molecule has 2 nitrogen and oxygen atoms in total. The molecule has 0 saturated carbocycles. The predicted molar refractivity (Wildman–Crippen MR) is 140 cm³/mol. The highest BCUT2D eigenvalue weighted by Gasteiger charge is 2.28. The van der Waals surface area contributed by atoms with Crippen molar-refractivity contribution in [2.75, 3.05) is 11.5 Å². The summed E-state index contributed by atoms with van der Waals surface area (Å²) in [5.41, 5.74) is 3.93. The topological polar surface area (TPSA) is 24.7 Å². The van der Waals surface area contributed by atoms with Gasteiger partial charge in [0.15, 0.2) is 0 Å². The van der Waals surface area contributed by atoms with E-state index in [1.165, 1.54) is 21.6 Å². The van der Waals surface area contributed by atoms with Gasteiger partial charge in [0.25, 0.3) is 0 Å². The Hall–Kier alpha value is -2.08. The number of thiophene rings is 1. The van der Waals surface area contributed by atoms with Gasteiger partial charge in [-0.15, -0.1) is 34.9 Å². The maximum absolute atomic E-state index is 5.14. The summed E-state index contributed by atoms with van der Waals surface area (Å²) in [6.45, 7) is 0. The molecule has 2 aliphatic rings. The van der Waals surface area contributed by atoms with Crippen LogP contribution in [-0.2, 0) is 12.8 Å². The molecule has 0 saturated heterocycles. The molecule has 1 aromatic heterocycles. The molecular formula is C26H24N2S3. The Bertz CT molecular complexity index is 1020. The molecule has 3 heterocycles. The van der Waals surface area contributed by atoms with Crippen molar-refractivity contribution >= 4 is 51.0 Å². The van der Waals surface area contributed by atoms with E-state index in [1.807, 2.05) is 23.5 Å². The van der Waals surface area contributed by atoms with Crippen LogP contribution in [0.15, 0.2) is 93.7 Å². The summed E-state index contributed by atoms with van der Waals surface area (Å²) < 4.78 is 0. The zero-order valence-corrected chi connectivity index (χ0v) is 19.6. The van der Waals surface area contributed by atoms with E-state index in [-0.39, 0.29) is 0 Å². The van der Waals surface area contributed by atoms with Gasteiger partial charge in [-0.05, 0) is 41.5 Å². The van der Waals surface area contributed by atoms with Crippen LogP contribution in [0.5, 0.6) is 0 Å². The number of rotatable bonds is 7. The van der Waals surface area contributed by atoms with Crippen molar-refractivity contribution in [2.24, 2.45) is 9.98 Å². The van der Waals surface area contributed by atoms with Crippen molar-refractivity contribution in [1.82, 2.24) is 0 Å². The standard InChI is InChI=1S/C26H24N2S3/c1-3-8-19(9-4-1)14-21-17-30-25(27-21)24(16-23-12-7-13-29-23)26-28-22(18-31-26)15-20-10-5-2-6-11-20/h1-13,16,21-22H,14-15,17-18H2/t21-,22-/m0/s1. The second-order valence-electron chi connectivity index (χ2n) is 7.75. The molecule has 2 aliphatic heterocycles. The Morgan fingerprint density at radius 3 is 1.77 bits per heavy atom. The van der Waals surface area contributed by atoms with Crippen molar-refractivity contribution in [1.29, 1.82) is 0 Å². The molecule has 156 valence electrons. The predicted octanol–water partition coefficient (Wildman–Crippen LogP) is 6.64. The number of thioether (sulfide) groups is 2. The Morgan fingerprint density at radius 2 is 1.29 bits per heavy atom. The third kappa shape index (κ3) is 5.40. The van der Waals surface area contributed by atoms with Gasteiger partial charge in [-0.2, -0.15) is 0 Å². The minimum absolute atomic E-state index is 0.334. The molecule has 5 rings (SSSR count). The molecule has 2 aromatic carbocycles. The Morgan fingerprint density at radius 1 is 0.742 bits per heavy atom. The quantitative estimate of drug-likeness (QED) is 0.394. The van der Waals surface area contributed by atoms with Gasteiger partial charge >= 0.3 is 0 Å². The van der Waals surface area contributed by atoms with E-state index in [9.17, 15) is 0 Å². The smallest absolute Gasteiger partial charge is 0.101 e. The SMILES string of the molecule is C(=C(C1=N[C@@H](Cc2ccccc2)CS1)C1=N[C@@H](Cc2ccccc2)CS1)c1cccs1. The molecule has 2 atom stereocenters. The third-order valence-electron chi connectivity index (χ3n) is 5.34. The monoisotopic (exact) mass is 460 g/mol. The largest absolute Gasteiger partial charge is 0.273 e. The summed E-state index contributed by atoms with van der Waals surface area (Å²) in [5, 5.41) is 4.44. The van der Waals surface area contributed by atoms with Crippen LogP contribution < -0.4 is 0 Å². The Kier molecular flexibility index (Phi) is 6.73. The van der Waals surface area contributed by atoms with E-state index < -0.39 is 0 Å². The van der Waals surface area contributed by atoms with Crippen LogP contribution in [0.25, 0.3) is 6.08 Å². The minimum Gasteiger partial charge on any atom is -0.273 e. The van der Waals surface area contributed by atoms with Gasteiger partial charge in [-0.3, -0.25) is 9.98 Å². The van der Waals surface area contributed by atoms with E-state index >= 15 is 0 Å². The molecule has 31 heavy (non-hydrogen) atoms. The van der Waals surface area contributed by atoms with Gasteiger partial charge in [-0.25, -0.2) is 0 Å². The normalized spacial score (nSPS) is 20.4. The van der Waals surface area contributed by atoms with E-state index in [2.05, 4.69) is 84.3 Å². The van der Waals surface area contributed by atoms with Crippen LogP contribution in [0.2, 0.25) is 0 Å². The molecule has 0 unspecified atom stereocenters. The van der Waals surface area contributed by atoms with E-state index in [0.717, 1.165) is 34.4 Å². The summed E-state index contributed by atoms with van der Waals surface area (Å²) in [6, 6.07) is 26.3. The van der Waals surface area contributed by atoms with Gasteiger partial charge in [-0.1, -0.05) is 66.7 Å². The van der Waals surface area contributed by atoms with Crippen molar-refractivity contribution in [3.05, 3.63) is 99.8 Å². The zero-order chi connectivity index (χ0) is 20.9. The fourth-order valence-electron chi connectivity index (χ4n) is 3.84. The number of hydrogen-bond donors (Lipinski definition) is 0. The van der Waals surface area contributed by atoms with Crippen LogP contribution >= 0.6 is 34.9 Å². The summed E-state index contributed by atoms with van der Waals surface area (Å²) in [7, 11) is 0. The number of hydrogen-bond acceptors (Lipinski definition) is 5. The zero-order valence-electron chi connectivity index (χ0n) is 17.2. The fraction of sp³-hybridized carbons (Fsp3) is 0.231. The molecule has 0 fully saturated rings. The summed E-state index contributed by atoms with van der Waals surface area (Å²) >= 11 is 5.54. The van der Waals surface area contributed by atoms with E-state index in [4.69, 9.17) is 9.98 Å². The van der Waals surface area contributed by atoms with E-state index in [0.29, 0.717) is 12.1 Å². The van der Waals surface area contributed by atoms with Crippen molar-refractivity contribution in [2.45, 2.75) is 24.9 Å². The third-order valence-corrected chi connectivity index (χ3v) is 8.46. The first-order valence-electron chi connectivity index (χ1n) is 10.6. The number of aliphatic imine (C=N–C) groups is 2. The van der Waals surface area contributed by atoms with Gasteiger partial charge in [0.1, 0.15) is 10.1 Å². The highest BCUT2D eigenvalue weighted by Crippen LogP contribution is 2.34. The average molecular weight is 461 g/mol. The first-order chi connectivity index (χ1) is 15.3. The lowest BCUT2D eigenvalue weighted by molar-refractivity contribution is 0.761. The Balaban J connectivity index is 1.38. The van der Waals surface area contributed by atoms with Gasteiger partial charge in [0.2, 0.25) is 0 Å². The molecule has 5 heteroatoms. The second kappa shape index (κ2) is 10.0. The van der Waals surface area contributed by atoms with Crippen molar-refractivity contribution in [3.8, 4) is 0 Å². The molecular weight excluding hydrogens is 437 g/mol. The second-order valence-corrected chi connectivity index (χ2v) is 10.7. The molecule has 0 bridgehead atoms. The van der Waals surface area contributed by atoms with Gasteiger partial charge < -0.3 is 0 Å². The van der Waals surface area contributed by atoms with Crippen LogP contribution in [0, 0.1) is 0 Å². The fourth-order valence-corrected chi connectivity index (χ4v) is 6.71.